The molecule has 0 saturated heterocycles. The molecule has 0 amide bonds. The van der Waals surface area contributed by atoms with Crippen molar-refractivity contribution in [1.82, 2.24) is 9.66 Å². The Morgan fingerprint density at radius 1 is 1.11 bits per heavy atom. The van der Waals surface area contributed by atoms with Gasteiger partial charge in [0, 0.05) is 10.9 Å². The molecule has 0 aliphatic rings. The van der Waals surface area contributed by atoms with Crippen molar-refractivity contribution in [1.29, 1.82) is 0 Å². The van der Waals surface area contributed by atoms with Crippen molar-refractivity contribution in [2.75, 3.05) is 7.11 Å². The molecule has 5 aromatic rings. The molecule has 0 fully saturated rings. The van der Waals surface area contributed by atoms with E-state index in [1.54, 1.807) is 48.5 Å². The molecule has 0 aliphatic carbocycles. The first-order valence-electron chi connectivity index (χ1n) is 11.1. The van der Waals surface area contributed by atoms with Crippen molar-refractivity contribution in [3.8, 4) is 23.1 Å². The number of aromatic nitrogens is 2. The Bertz CT molecular complexity index is 1650. The van der Waals surface area contributed by atoms with Gasteiger partial charge >= 0.3 is 5.97 Å². The Morgan fingerprint density at radius 2 is 1.89 bits per heavy atom. The van der Waals surface area contributed by atoms with Gasteiger partial charge < -0.3 is 19.0 Å². The lowest BCUT2D eigenvalue weighted by atomic mass is 10.2. The molecule has 0 spiro atoms. The van der Waals surface area contributed by atoms with E-state index < -0.39 is 17.6 Å². The largest absolute Gasteiger partial charge is 0.493 e. The summed E-state index contributed by atoms with van der Waals surface area (Å²) in [4.78, 5) is 29.5. The van der Waals surface area contributed by atoms with Crippen molar-refractivity contribution in [3.63, 3.8) is 0 Å². The van der Waals surface area contributed by atoms with E-state index in [0.717, 1.165) is 10.1 Å². The van der Waals surface area contributed by atoms with Gasteiger partial charge in [0.25, 0.3) is 5.56 Å². The fraction of sp³-hybridized carbons (Fsp3) is 0.111. The van der Waals surface area contributed by atoms with Gasteiger partial charge in [0.15, 0.2) is 23.4 Å². The Kier molecular flexibility index (Phi) is 5.95. The topological polar surface area (TPSA) is 116 Å². The minimum absolute atomic E-state index is 0.186. The van der Waals surface area contributed by atoms with Gasteiger partial charge in [-0.2, -0.15) is 9.78 Å². The van der Waals surface area contributed by atoms with Crippen molar-refractivity contribution < 1.29 is 23.8 Å². The molecule has 9 nitrogen and oxygen atoms in total. The number of aliphatic carboxylic acids is 1. The van der Waals surface area contributed by atoms with Crippen LogP contribution in [0, 0.1) is 0 Å². The predicted octanol–water partition coefficient (Wildman–Crippen LogP) is 4.55. The maximum Gasteiger partial charge on any atom is 0.344 e. The highest BCUT2D eigenvalue weighted by molar-refractivity contribution is 5.87. The molecule has 1 N–H and O–H groups in total. The van der Waals surface area contributed by atoms with Crippen LogP contribution in [-0.4, -0.2) is 40.2 Å². The van der Waals surface area contributed by atoms with Crippen LogP contribution in [0.2, 0.25) is 0 Å². The number of carbonyl (C=O) groups is 1. The van der Waals surface area contributed by atoms with Gasteiger partial charge in [0.1, 0.15) is 5.58 Å². The fourth-order valence-corrected chi connectivity index (χ4v) is 3.75. The van der Waals surface area contributed by atoms with Crippen molar-refractivity contribution in [2.45, 2.75) is 13.0 Å². The zero-order valence-corrected chi connectivity index (χ0v) is 19.4. The van der Waals surface area contributed by atoms with E-state index in [9.17, 15) is 14.7 Å². The third-order valence-electron chi connectivity index (χ3n) is 5.58. The second-order valence-corrected chi connectivity index (χ2v) is 7.94. The summed E-state index contributed by atoms with van der Waals surface area (Å²) in [6.07, 6.45) is 0.265. The number of carboxylic acids is 1. The lowest BCUT2D eigenvalue weighted by Gasteiger charge is -2.16. The van der Waals surface area contributed by atoms with Crippen molar-refractivity contribution >= 4 is 34.1 Å². The minimum atomic E-state index is -1.13. The highest BCUT2D eigenvalue weighted by Crippen LogP contribution is 2.31. The van der Waals surface area contributed by atoms with Crippen LogP contribution in [0.25, 0.3) is 33.5 Å². The normalized spacial score (nSPS) is 12.3. The number of nitrogens with zero attached hydrogens (tertiary/aromatic N) is 3. The average Bonchev–Trinajstić information content (AvgIpc) is 3.33. The number of hydrogen-bond donors (Lipinski definition) is 1. The summed E-state index contributed by atoms with van der Waals surface area (Å²) in [5.41, 5.74) is 1.18. The number of benzene rings is 3. The number of methoxy groups -OCH3 is 1. The molecule has 0 radical (unpaired) electrons. The fourth-order valence-electron chi connectivity index (χ4n) is 3.75. The summed E-state index contributed by atoms with van der Waals surface area (Å²) in [7, 11) is 1.45. The molecule has 3 aromatic carbocycles. The molecule has 180 valence electrons. The quantitative estimate of drug-likeness (QED) is 0.338. The molecule has 9 heteroatoms. The van der Waals surface area contributed by atoms with Crippen molar-refractivity contribution in [3.05, 3.63) is 88.7 Å². The lowest BCUT2D eigenvalue weighted by Crippen LogP contribution is -2.24. The molecular formula is C27H21N3O6. The molecular weight excluding hydrogens is 462 g/mol. The summed E-state index contributed by atoms with van der Waals surface area (Å²) in [5.74, 6) is -0.0292. The number of carboxylic acid groups (broad SMARTS) is 1. The van der Waals surface area contributed by atoms with E-state index in [1.165, 1.54) is 20.2 Å². The Balaban J connectivity index is 1.68. The highest BCUT2D eigenvalue weighted by Gasteiger charge is 2.19. The van der Waals surface area contributed by atoms with E-state index in [4.69, 9.17) is 13.9 Å². The van der Waals surface area contributed by atoms with Crippen LogP contribution in [0.1, 0.15) is 12.5 Å². The third-order valence-corrected chi connectivity index (χ3v) is 5.58. The summed E-state index contributed by atoms with van der Waals surface area (Å²) < 4.78 is 18.1. The molecule has 0 saturated carbocycles. The molecule has 0 unspecified atom stereocenters. The standard InChI is InChI=1S/C27H21N3O6/c1-16(27(32)33)35-24-18(9-7-13-22(24)34-2)15-28-30-25(23-14-17-8-3-6-12-21(17)36-23)29-20-11-5-4-10-19(20)26(30)31/h3-16H,1-2H3,(H,32,33)/t16-/m0/s1. The molecule has 0 bridgehead atoms. The first kappa shape index (κ1) is 22.9. The summed E-state index contributed by atoms with van der Waals surface area (Å²) >= 11 is 0. The van der Waals surface area contributed by atoms with E-state index in [2.05, 4.69) is 10.1 Å². The van der Waals surface area contributed by atoms with Gasteiger partial charge in [-0.1, -0.05) is 36.4 Å². The van der Waals surface area contributed by atoms with Gasteiger partial charge in [-0.15, -0.1) is 0 Å². The van der Waals surface area contributed by atoms with E-state index in [1.807, 2.05) is 24.3 Å². The van der Waals surface area contributed by atoms with E-state index >= 15 is 0 Å². The van der Waals surface area contributed by atoms with Crippen molar-refractivity contribution in [2.24, 2.45) is 5.10 Å². The van der Waals surface area contributed by atoms with Crippen LogP contribution in [0.3, 0.4) is 0 Å². The van der Waals surface area contributed by atoms with Crippen LogP contribution < -0.4 is 15.0 Å². The monoisotopic (exact) mass is 483 g/mol. The lowest BCUT2D eigenvalue weighted by molar-refractivity contribution is -0.144. The smallest absolute Gasteiger partial charge is 0.344 e. The number of hydrogen-bond acceptors (Lipinski definition) is 7. The van der Waals surface area contributed by atoms with Gasteiger partial charge in [-0.05, 0) is 43.3 Å². The number of rotatable bonds is 7. The zero-order chi connectivity index (χ0) is 25.2. The minimum Gasteiger partial charge on any atom is -0.493 e. The second-order valence-electron chi connectivity index (χ2n) is 7.94. The predicted molar refractivity (Wildman–Crippen MR) is 135 cm³/mol. The van der Waals surface area contributed by atoms with Crippen LogP contribution in [0.15, 0.2) is 87.1 Å². The summed E-state index contributed by atoms with van der Waals surface area (Å²) in [6.45, 7) is 1.41. The molecule has 2 aromatic heterocycles. The van der Waals surface area contributed by atoms with Gasteiger partial charge in [0.2, 0.25) is 5.82 Å². The highest BCUT2D eigenvalue weighted by atomic mass is 16.5. The zero-order valence-electron chi connectivity index (χ0n) is 19.4. The molecule has 2 heterocycles. The Morgan fingerprint density at radius 3 is 2.67 bits per heavy atom. The Labute approximate surface area is 204 Å². The summed E-state index contributed by atoms with van der Waals surface area (Å²) in [6, 6.07) is 21.3. The molecule has 5 rings (SSSR count). The molecule has 1 atom stereocenters. The number of ether oxygens (including phenoxy) is 2. The van der Waals surface area contributed by atoms with Gasteiger partial charge in [0.05, 0.1) is 24.2 Å². The van der Waals surface area contributed by atoms with Gasteiger partial charge in [-0.3, -0.25) is 4.79 Å². The summed E-state index contributed by atoms with van der Waals surface area (Å²) in [5, 5.41) is 15.0. The van der Waals surface area contributed by atoms with Crippen LogP contribution in [-0.2, 0) is 4.79 Å². The molecule has 0 aliphatic heterocycles. The first-order valence-corrected chi connectivity index (χ1v) is 11.1. The maximum absolute atomic E-state index is 13.5. The van der Waals surface area contributed by atoms with E-state index in [-0.39, 0.29) is 11.6 Å². The first-order chi connectivity index (χ1) is 17.5. The maximum atomic E-state index is 13.5. The van der Waals surface area contributed by atoms with Crippen LogP contribution >= 0.6 is 0 Å². The number of furan rings is 1. The average molecular weight is 483 g/mol. The third kappa shape index (κ3) is 4.18. The van der Waals surface area contributed by atoms with Crippen LogP contribution in [0.5, 0.6) is 11.5 Å². The Hall–Kier alpha value is -4.92. The van der Waals surface area contributed by atoms with Gasteiger partial charge in [-0.25, -0.2) is 9.78 Å². The number of fused-ring (bicyclic) bond motifs is 2. The molecule has 36 heavy (non-hydrogen) atoms. The number of para-hydroxylation sites is 3. The second kappa shape index (κ2) is 9.38. The van der Waals surface area contributed by atoms with Crippen LogP contribution in [0.4, 0.5) is 0 Å². The van der Waals surface area contributed by atoms with E-state index in [0.29, 0.717) is 33.6 Å². The SMILES string of the molecule is COc1cccc(C=Nn2c(-c3cc4ccccc4o3)nc3ccccc3c2=O)c1O[C@@H](C)C(=O)O.